The van der Waals surface area contributed by atoms with Gasteiger partial charge in [-0.25, -0.2) is 0 Å². The minimum absolute atomic E-state index is 0.119. The molecule has 0 amide bonds. The van der Waals surface area contributed by atoms with E-state index in [4.69, 9.17) is 4.74 Å². The second-order valence-corrected chi connectivity index (χ2v) is 4.94. The Kier molecular flexibility index (Phi) is 5.83. The van der Waals surface area contributed by atoms with Crippen molar-refractivity contribution in [2.24, 2.45) is 5.92 Å². The predicted molar refractivity (Wildman–Crippen MR) is 73.0 cm³/mol. The minimum Gasteiger partial charge on any atom is -0.491 e. The van der Waals surface area contributed by atoms with E-state index in [-0.39, 0.29) is 24.4 Å². The summed E-state index contributed by atoms with van der Waals surface area (Å²) >= 11 is 0. The van der Waals surface area contributed by atoms with Crippen LogP contribution in [-0.2, 0) is 9.53 Å². The summed E-state index contributed by atoms with van der Waals surface area (Å²) in [6.45, 7) is 5.74. The van der Waals surface area contributed by atoms with E-state index in [0.717, 1.165) is 11.3 Å². The van der Waals surface area contributed by atoms with Gasteiger partial charge in [-0.3, -0.25) is 4.79 Å². The van der Waals surface area contributed by atoms with Crippen LogP contribution >= 0.6 is 0 Å². The lowest BCUT2D eigenvalue weighted by molar-refractivity contribution is -0.142. The topological polar surface area (TPSA) is 55.8 Å². The number of aliphatic hydroxyl groups excluding tert-OH is 1. The molecular formula is C15H22O4. The fourth-order valence-corrected chi connectivity index (χ4v) is 1.80. The Bertz CT molecular complexity index is 397. The maximum absolute atomic E-state index is 11.2. The number of methoxy groups -OCH3 is 1. The molecule has 0 radical (unpaired) electrons. The molecule has 0 saturated heterocycles. The van der Waals surface area contributed by atoms with Crippen LogP contribution in [0, 0.1) is 5.92 Å². The first-order valence-electron chi connectivity index (χ1n) is 6.45. The van der Waals surface area contributed by atoms with Crippen LogP contribution in [0.25, 0.3) is 0 Å². The Morgan fingerprint density at radius 2 is 1.79 bits per heavy atom. The fourth-order valence-electron chi connectivity index (χ4n) is 1.80. The van der Waals surface area contributed by atoms with Crippen molar-refractivity contribution in [2.75, 3.05) is 7.11 Å². The lowest BCUT2D eigenvalue weighted by Gasteiger charge is -2.18. The highest BCUT2D eigenvalue weighted by Gasteiger charge is 2.19. The van der Waals surface area contributed by atoms with Gasteiger partial charge in [0.1, 0.15) is 5.75 Å². The number of hydrogen-bond donors (Lipinski definition) is 1. The van der Waals surface area contributed by atoms with Crippen LogP contribution in [-0.4, -0.2) is 24.3 Å². The lowest BCUT2D eigenvalue weighted by atomic mass is 9.94. The zero-order chi connectivity index (χ0) is 14.4. The van der Waals surface area contributed by atoms with E-state index in [0.29, 0.717) is 0 Å². The Labute approximate surface area is 114 Å². The van der Waals surface area contributed by atoms with Crippen LogP contribution in [0.15, 0.2) is 24.3 Å². The van der Waals surface area contributed by atoms with Crippen LogP contribution in [0.1, 0.15) is 38.9 Å². The normalized spacial score (nSPS) is 14.0. The van der Waals surface area contributed by atoms with Crippen LogP contribution < -0.4 is 4.74 Å². The van der Waals surface area contributed by atoms with Gasteiger partial charge in [0.2, 0.25) is 0 Å². The SMILES string of the molecule is COC(=O)CC(C)C(O)c1ccc(OC(C)C)cc1. The van der Waals surface area contributed by atoms with Gasteiger partial charge in [-0.15, -0.1) is 0 Å². The highest BCUT2D eigenvalue weighted by molar-refractivity contribution is 5.69. The lowest BCUT2D eigenvalue weighted by Crippen LogP contribution is -2.15. The first-order valence-corrected chi connectivity index (χ1v) is 6.45. The highest BCUT2D eigenvalue weighted by Crippen LogP contribution is 2.26. The first kappa shape index (κ1) is 15.5. The van der Waals surface area contributed by atoms with Crippen LogP contribution in [0.5, 0.6) is 5.75 Å². The minimum atomic E-state index is -0.688. The Morgan fingerprint density at radius 3 is 2.26 bits per heavy atom. The highest BCUT2D eigenvalue weighted by atomic mass is 16.5. The van der Waals surface area contributed by atoms with Gasteiger partial charge in [-0.2, -0.15) is 0 Å². The molecule has 4 nitrogen and oxygen atoms in total. The van der Waals surface area contributed by atoms with Gasteiger partial charge in [-0.1, -0.05) is 19.1 Å². The molecule has 106 valence electrons. The molecule has 0 aliphatic heterocycles. The Balaban J connectivity index is 2.66. The Morgan fingerprint density at radius 1 is 1.21 bits per heavy atom. The molecule has 1 aromatic carbocycles. The average molecular weight is 266 g/mol. The average Bonchev–Trinajstić information content (AvgIpc) is 2.37. The van der Waals surface area contributed by atoms with Gasteiger partial charge in [0.05, 0.1) is 25.7 Å². The maximum Gasteiger partial charge on any atom is 0.305 e. The summed E-state index contributed by atoms with van der Waals surface area (Å²) < 4.78 is 10.1. The molecule has 1 aromatic rings. The molecule has 19 heavy (non-hydrogen) atoms. The van der Waals surface area contributed by atoms with E-state index in [2.05, 4.69) is 4.74 Å². The number of rotatable bonds is 6. The van der Waals surface area contributed by atoms with Gasteiger partial charge in [0, 0.05) is 0 Å². The number of benzene rings is 1. The first-order chi connectivity index (χ1) is 8.93. The second-order valence-electron chi connectivity index (χ2n) is 4.94. The molecule has 0 aromatic heterocycles. The van der Waals surface area contributed by atoms with E-state index in [1.54, 1.807) is 0 Å². The van der Waals surface area contributed by atoms with Crippen molar-refractivity contribution >= 4 is 5.97 Å². The molecule has 4 heteroatoms. The molecular weight excluding hydrogens is 244 g/mol. The van der Waals surface area contributed by atoms with Gasteiger partial charge < -0.3 is 14.6 Å². The smallest absolute Gasteiger partial charge is 0.305 e. The van der Waals surface area contributed by atoms with E-state index in [1.165, 1.54) is 7.11 Å². The summed E-state index contributed by atoms with van der Waals surface area (Å²) in [4.78, 5) is 11.2. The van der Waals surface area contributed by atoms with Crippen molar-refractivity contribution < 1.29 is 19.4 Å². The molecule has 2 atom stereocenters. The summed E-state index contributed by atoms with van der Waals surface area (Å²) in [6.07, 6.45) is -0.372. The summed E-state index contributed by atoms with van der Waals surface area (Å²) in [5.41, 5.74) is 0.771. The number of carbonyl (C=O) groups excluding carboxylic acids is 1. The number of aliphatic hydroxyl groups is 1. The van der Waals surface area contributed by atoms with E-state index in [9.17, 15) is 9.90 Å². The summed E-state index contributed by atoms with van der Waals surface area (Å²) in [5.74, 6) is 0.266. The molecule has 1 N–H and O–H groups in total. The molecule has 0 saturated carbocycles. The van der Waals surface area contributed by atoms with Crippen molar-refractivity contribution in [3.8, 4) is 5.75 Å². The number of ether oxygens (including phenoxy) is 2. The van der Waals surface area contributed by atoms with Crippen molar-refractivity contribution in [1.29, 1.82) is 0 Å². The largest absolute Gasteiger partial charge is 0.491 e. The maximum atomic E-state index is 11.2. The third-order valence-corrected chi connectivity index (χ3v) is 2.85. The van der Waals surface area contributed by atoms with E-state index < -0.39 is 6.10 Å². The fraction of sp³-hybridized carbons (Fsp3) is 0.533. The van der Waals surface area contributed by atoms with Crippen molar-refractivity contribution in [1.82, 2.24) is 0 Å². The predicted octanol–water partition coefficient (Wildman–Crippen LogP) is 2.71. The van der Waals surface area contributed by atoms with E-state index in [1.807, 2.05) is 45.0 Å². The van der Waals surface area contributed by atoms with Crippen LogP contribution in [0.3, 0.4) is 0 Å². The van der Waals surface area contributed by atoms with Crippen molar-refractivity contribution in [2.45, 2.75) is 39.4 Å². The third-order valence-electron chi connectivity index (χ3n) is 2.85. The molecule has 0 heterocycles. The van der Waals surface area contributed by atoms with Crippen LogP contribution in [0.2, 0.25) is 0 Å². The Hall–Kier alpha value is -1.55. The molecule has 2 unspecified atom stereocenters. The number of esters is 1. The van der Waals surface area contributed by atoms with Crippen molar-refractivity contribution in [3.05, 3.63) is 29.8 Å². The molecule has 0 spiro atoms. The van der Waals surface area contributed by atoms with Gasteiger partial charge in [-0.05, 0) is 37.5 Å². The molecule has 0 fully saturated rings. The molecule has 0 bridgehead atoms. The van der Waals surface area contributed by atoms with Crippen LogP contribution in [0.4, 0.5) is 0 Å². The molecule has 1 rings (SSSR count). The molecule has 0 aliphatic carbocycles. The number of carbonyl (C=O) groups is 1. The van der Waals surface area contributed by atoms with Gasteiger partial charge in [0.25, 0.3) is 0 Å². The summed E-state index contributed by atoms with van der Waals surface area (Å²) in [5, 5.41) is 10.2. The number of hydrogen-bond acceptors (Lipinski definition) is 4. The summed E-state index contributed by atoms with van der Waals surface area (Å²) in [6, 6.07) is 7.28. The quantitative estimate of drug-likeness (QED) is 0.804. The zero-order valence-corrected chi connectivity index (χ0v) is 11.9. The standard InChI is InChI=1S/C15H22O4/c1-10(2)19-13-7-5-12(6-8-13)15(17)11(3)9-14(16)18-4/h5-8,10-11,15,17H,9H2,1-4H3. The van der Waals surface area contributed by atoms with E-state index >= 15 is 0 Å². The molecule has 0 aliphatic rings. The van der Waals surface area contributed by atoms with Crippen molar-refractivity contribution in [3.63, 3.8) is 0 Å². The zero-order valence-electron chi connectivity index (χ0n) is 11.9. The monoisotopic (exact) mass is 266 g/mol. The van der Waals surface area contributed by atoms with Gasteiger partial charge >= 0.3 is 5.97 Å². The van der Waals surface area contributed by atoms with Gasteiger partial charge in [0.15, 0.2) is 0 Å². The summed E-state index contributed by atoms with van der Waals surface area (Å²) in [7, 11) is 1.35. The second kappa shape index (κ2) is 7.14. The third kappa shape index (κ3) is 4.91.